The molecule has 1 aliphatic heterocycles. The number of anilines is 3. The first-order chi connectivity index (χ1) is 19.2. The number of nitrogens with one attached hydrogen (secondary N) is 1. The van der Waals surface area contributed by atoms with Gasteiger partial charge in [0.15, 0.2) is 5.82 Å². The van der Waals surface area contributed by atoms with Gasteiger partial charge in [0.25, 0.3) is 0 Å². The van der Waals surface area contributed by atoms with Crippen LogP contribution in [0.5, 0.6) is 0 Å². The van der Waals surface area contributed by atoms with Gasteiger partial charge in [-0.1, -0.05) is 35.9 Å². The van der Waals surface area contributed by atoms with Crippen molar-refractivity contribution in [3.05, 3.63) is 77.1 Å². The molecule has 0 aliphatic carbocycles. The molecule has 0 unspecified atom stereocenters. The number of ether oxygens (including phenoxy) is 2. The lowest BCUT2D eigenvalue weighted by Crippen LogP contribution is -2.37. The van der Waals surface area contributed by atoms with Crippen molar-refractivity contribution in [3.8, 4) is 0 Å². The minimum Gasteiger partial charge on any atom is -0.449 e. The predicted molar refractivity (Wildman–Crippen MR) is 147 cm³/mol. The molecule has 1 amide bonds. The average molecular weight is 557 g/mol. The molecule has 1 saturated heterocycles. The van der Waals surface area contributed by atoms with Gasteiger partial charge < -0.3 is 14.4 Å². The van der Waals surface area contributed by atoms with Crippen LogP contribution in [0.1, 0.15) is 28.9 Å². The average Bonchev–Trinajstić information content (AvgIpc) is 2.94. The van der Waals surface area contributed by atoms with Crippen LogP contribution in [0, 0.1) is 6.92 Å². The van der Waals surface area contributed by atoms with E-state index < -0.39 is 17.8 Å². The number of aryl methyl sites for hydroxylation is 2. The Morgan fingerprint density at radius 2 is 1.93 bits per heavy atom. The number of amides is 1. The molecular formula is C28H31F3N6O3. The highest BCUT2D eigenvalue weighted by atomic mass is 19.4. The van der Waals surface area contributed by atoms with Gasteiger partial charge in [0, 0.05) is 38.3 Å². The van der Waals surface area contributed by atoms with Crippen molar-refractivity contribution in [1.82, 2.24) is 9.97 Å². The molecule has 9 nitrogen and oxygen atoms in total. The summed E-state index contributed by atoms with van der Waals surface area (Å²) in [6, 6.07) is 14.2. The molecule has 0 radical (unpaired) electrons. The van der Waals surface area contributed by atoms with Crippen molar-refractivity contribution in [3.63, 3.8) is 0 Å². The molecule has 1 aromatic heterocycles. The van der Waals surface area contributed by atoms with Gasteiger partial charge in [-0.3, -0.25) is 10.3 Å². The maximum Gasteiger partial charge on any atom is 0.416 e. The summed E-state index contributed by atoms with van der Waals surface area (Å²) in [5, 5.41) is 8.54. The lowest BCUT2D eigenvalue weighted by molar-refractivity contribution is -0.137. The first kappa shape index (κ1) is 28.8. The SMILES string of the molecule is Cc1cccc(/C=N/N(C)c2cc(N3CCOCC3)nc(CCCOC(=O)Nc3cccc(C(F)(F)F)c3)n2)c1. The molecule has 1 N–H and O–H groups in total. The maximum atomic E-state index is 12.9. The fourth-order valence-electron chi connectivity index (χ4n) is 3.99. The van der Waals surface area contributed by atoms with Gasteiger partial charge in [-0.2, -0.15) is 18.3 Å². The smallest absolute Gasteiger partial charge is 0.416 e. The van der Waals surface area contributed by atoms with Crippen molar-refractivity contribution in [2.24, 2.45) is 5.10 Å². The van der Waals surface area contributed by atoms with Crippen molar-refractivity contribution >= 4 is 29.6 Å². The van der Waals surface area contributed by atoms with Gasteiger partial charge in [0.1, 0.15) is 11.6 Å². The molecule has 40 heavy (non-hydrogen) atoms. The van der Waals surface area contributed by atoms with E-state index in [2.05, 4.69) is 20.3 Å². The summed E-state index contributed by atoms with van der Waals surface area (Å²) >= 11 is 0. The molecule has 12 heteroatoms. The number of alkyl halides is 3. The standard InChI is InChI=1S/C28H31F3N6O3/c1-20-6-3-7-21(16-20)19-32-36(2)25-18-26(37-11-14-39-15-12-37)35-24(34-25)10-5-13-40-27(38)33-23-9-4-8-22(17-23)28(29,30)31/h3-4,6-9,16-19H,5,10-15H2,1-2H3,(H,33,38)/b32-19+. The summed E-state index contributed by atoms with van der Waals surface area (Å²) < 4.78 is 49.3. The Morgan fingerprint density at radius 1 is 1.15 bits per heavy atom. The van der Waals surface area contributed by atoms with Gasteiger partial charge in [-0.25, -0.2) is 14.8 Å². The van der Waals surface area contributed by atoms with E-state index in [4.69, 9.17) is 14.5 Å². The van der Waals surface area contributed by atoms with Gasteiger partial charge >= 0.3 is 12.3 Å². The third-order valence-corrected chi connectivity index (χ3v) is 6.05. The number of hydrogen-bond acceptors (Lipinski definition) is 8. The van der Waals surface area contributed by atoms with Crippen LogP contribution in [-0.2, 0) is 22.1 Å². The van der Waals surface area contributed by atoms with Crippen LogP contribution in [0.15, 0.2) is 59.7 Å². The fraction of sp³-hybridized carbons (Fsp3) is 0.357. The van der Waals surface area contributed by atoms with Crippen LogP contribution < -0.4 is 15.2 Å². The Hall–Kier alpha value is -4.19. The van der Waals surface area contributed by atoms with Crippen LogP contribution in [0.4, 0.5) is 35.3 Å². The first-order valence-electron chi connectivity index (χ1n) is 12.8. The van der Waals surface area contributed by atoms with Crippen molar-refractivity contribution in [1.29, 1.82) is 0 Å². The van der Waals surface area contributed by atoms with E-state index in [9.17, 15) is 18.0 Å². The number of nitrogens with zero attached hydrogens (tertiary/aromatic N) is 5. The van der Waals surface area contributed by atoms with Crippen LogP contribution >= 0.6 is 0 Å². The van der Waals surface area contributed by atoms with Crippen molar-refractivity contribution in [2.45, 2.75) is 25.9 Å². The fourth-order valence-corrected chi connectivity index (χ4v) is 3.99. The maximum absolute atomic E-state index is 12.9. The molecule has 212 valence electrons. The van der Waals surface area contributed by atoms with E-state index in [0.29, 0.717) is 50.8 Å². The van der Waals surface area contributed by atoms with E-state index in [-0.39, 0.29) is 12.3 Å². The number of rotatable bonds is 9. The quantitative estimate of drug-likeness (QED) is 0.218. The van der Waals surface area contributed by atoms with Crippen molar-refractivity contribution in [2.75, 3.05) is 55.2 Å². The number of halogens is 3. The number of hydrogen-bond donors (Lipinski definition) is 1. The first-order valence-corrected chi connectivity index (χ1v) is 12.8. The van der Waals surface area contributed by atoms with Crippen LogP contribution in [0.2, 0.25) is 0 Å². The monoisotopic (exact) mass is 556 g/mol. The molecule has 2 heterocycles. The highest BCUT2D eigenvalue weighted by Gasteiger charge is 2.30. The molecule has 3 aromatic rings. The third-order valence-electron chi connectivity index (χ3n) is 6.05. The minimum atomic E-state index is -4.50. The zero-order valence-corrected chi connectivity index (χ0v) is 22.3. The predicted octanol–water partition coefficient (Wildman–Crippen LogP) is 5.29. The zero-order valence-electron chi connectivity index (χ0n) is 22.3. The number of carbonyl (C=O) groups is 1. The van der Waals surface area contributed by atoms with Crippen molar-refractivity contribution < 1.29 is 27.4 Å². The molecule has 0 atom stereocenters. The van der Waals surface area contributed by atoms with E-state index in [1.54, 1.807) is 11.2 Å². The van der Waals surface area contributed by atoms with Crippen LogP contribution in [0.3, 0.4) is 0 Å². The Bertz CT molecular complexity index is 1330. The molecule has 0 bridgehead atoms. The van der Waals surface area contributed by atoms with Crippen LogP contribution in [0.25, 0.3) is 0 Å². The summed E-state index contributed by atoms with van der Waals surface area (Å²) in [6.07, 6.45) is -2.75. The second kappa shape index (κ2) is 13.2. The van der Waals surface area contributed by atoms with Gasteiger partial charge in [0.05, 0.1) is 31.6 Å². The Balaban J connectivity index is 1.38. The van der Waals surface area contributed by atoms with Gasteiger partial charge in [-0.15, -0.1) is 0 Å². The minimum absolute atomic E-state index is 0.000248. The van der Waals surface area contributed by atoms with Gasteiger partial charge in [-0.05, 0) is 37.1 Å². The normalized spacial score (nSPS) is 13.9. The van der Waals surface area contributed by atoms with E-state index in [1.165, 1.54) is 12.1 Å². The zero-order chi connectivity index (χ0) is 28.5. The summed E-state index contributed by atoms with van der Waals surface area (Å²) in [7, 11) is 1.81. The summed E-state index contributed by atoms with van der Waals surface area (Å²) in [6.45, 7) is 4.66. The molecule has 4 rings (SSSR count). The number of aromatic nitrogens is 2. The number of carbonyl (C=O) groups excluding carboxylic acids is 1. The largest absolute Gasteiger partial charge is 0.449 e. The van der Waals surface area contributed by atoms with E-state index >= 15 is 0 Å². The highest BCUT2D eigenvalue weighted by molar-refractivity contribution is 5.84. The van der Waals surface area contributed by atoms with E-state index in [0.717, 1.165) is 29.1 Å². The molecule has 1 aliphatic rings. The molecule has 0 spiro atoms. The number of hydrazone groups is 1. The Kier molecular flexibility index (Phi) is 9.54. The summed E-state index contributed by atoms with van der Waals surface area (Å²) in [4.78, 5) is 23.6. The Morgan fingerprint density at radius 3 is 2.67 bits per heavy atom. The van der Waals surface area contributed by atoms with Gasteiger partial charge in [0.2, 0.25) is 0 Å². The summed E-state index contributed by atoms with van der Waals surface area (Å²) in [5.41, 5.74) is 1.25. The topological polar surface area (TPSA) is 92.2 Å². The van der Waals surface area contributed by atoms with Crippen LogP contribution in [-0.4, -0.2) is 62.2 Å². The Labute approximate surface area is 230 Å². The highest BCUT2D eigenvalue weighted by Crippen LogP contribution is 2.30. The molecule has 2 aromatic carbocycles. The molecular weight excluding hydrogens is 525 g/mol. The summed E-state index contributed by atoms with van der Waals surface area (Å²) in [5.74, 6) is 1.92. The number of benzene rings is 2. The lowest BCUT2D eigenvalue weighted by atomic mass is 10.2. The third kappa shape index (κ3) is 8.40. The molecule has 1 fully saturated rings. The second-order valence-electron chi connectivity index (χ2n) is 9.23. The second-order valence-corrected chi connectivity index (χ2v) is 9.23. The van der Waals surface area contributed by atoms with E-state index in [1.807, 2.05) is 44.3 Å². The lowest BCUT2D eigenvalue weighted by Gasteiger charge is -2.28. The molecule has 0 saturated carbocycles. The number of morpholine rings is 1.